The van der Waals surface area contributed by atoms with E-state index in [9.17, 15) is 4.79 Å². The molecular weight excluding hydrogens is 320 g/mol. The number of thiocarbonyl (C=S) groups is 1. The van der Waals surface area contributed by atoms with Crippen LogP contribution in [0.1, 0.15) is 56.3 Å². The molecule has 0 atom stereocenters. The lowest BCUT2D eigenvalue weighted by Gasteiger charge is -2.14. The summed E-state index contributed by atoms with van der Waals surface area (Å²) >= 11 is 5.19. The molecule has 1 aliphatic rings. The fourth-order valence-corrected chi connectivity index (χ4v) is 2.84. The molecular formula is C19H26N2O2S. The number of carbonyl (C=O) groups excluding carboxylic acids is 1. The zero-order chi connectivity index (χ0) is 17.4. The quantitative estimate of drug-likeness (QED) is 0.604. The highest BCUT2D eigenvalue weighted by molar-refractivity contribution is 7.80. The summed E-state index contributed by atoms with van der Waals surface area (Å²) in [7, 11) is 0. The van der Waals surface area contributed by atoms with Crippen LogP contribution in [-0.2, 0) is 0 Å². The molecule has 4 nitrogen and oxygen atoms in total. The molecule has 0 fully saturated rings. The first-order chi connectivity index (χ1) is 11.5. The third kappa shape index (κ3) is 6.32. The van der Waals surface area contributed by atoms with Crippen molar-refractivity contribution < 1.29 is 9.53 Å². The van der Waals surface area contributed by atoms with Gasteiger partial charge in [-0.1, -0.05) is 11.6 Å². The molecule has 2 rings (SSSR count). The molecule has 2 N–H and O–H groups in total. The molecule has 5 heteroatoms. The summed E-state index contributed by atoms with van der Waals surface area (Å²) in [6, 6.07) is 7.06. The highest BCUT2D eigenvalue weighted by atomic mass is 32.1. The fraction of sp³-hybridized carbons (Fsp3) is 0.474. The maximum Gasteiger partial charge on any atom is 0.257 e. The number of amides is 1. The molecule has 1 aromatic rings. The van der Waals surface area contributed by atoms with Gasteiger partial charge in [-0.3, -0.25) is 10.1 Å². The van der Waals surface area contributed by atoms with Crippen molar-refractivity contribution in [1.29, 1.82) is 0 Å². The van der Waals surface area contributed by atoms with Crippen molar-refractivity contribution in [3.05, 3.63) is 41.5 Å². The van der Waals surface area contributed by atoms with Gasteiger partial charge in [0.2, 0.25) is 0 Å². The van der Waals surface area contributed by atoms with Gasteiger partial charge in [0.1, 0.15) is 5.75 Å². The Labute approximate surface area is 149 Å². The van der Waals surface area contributed by atoms with Crippen molar-refractivity contribution >= 4 is 23.2 Å². The summed E-state index contributed by atoms with van der Waals surface area (Å²) in [6.45, 7) is 4.69. The minimum absolute atomic E-state index is 0.112. The predicted octanol–water partition coefficient (Wildman–Crippen LogP) is 3.97. The number of hydrogen-bond donors (Lipinski definition) is 2. The molecule has 0 saturated heterocycles. The van der Waals surface area contributed by atoms with Gasteiger partial charge in [0, 0.05) is 12.1 Å². The van der Waals surface area contributed by atoms with Crippen molar-refractivity contribution in [1.82, 2.24) is 10.6 Å². The van der Waals surface area contributed by atoms with Crippen LogP contribution in [0.4, 0.5) is 0 Å². The Kier molecular flexibility index (Phi) is 7.25. The van der Waals surface area contributed by atoms with Gasteiger partial charge in [0.15, 0.2) is 5.11 Å². The molecule has 0 aromatic heterocycles. The summed E-state index contributed by atoms with van der Waals surface area (Å²) in [6.07, 6.45) is 8.38. The van der Waals surface area contributed by atoms with Crippen LogP contribution in [0.2, 0.25) is 0 Å². The van der Waals surface area contributed by atoms with Crippen molar-refractivity contribution in [2.24, 2.45) is 0 Å². The normalized spacial score (nSPS) is 14.0. The molecule has 0 unspecified atom stereocenters. The number of allylic oxidation sites excluding steroid dienone is 1. The van der Waals surface area contributed by atoms with Crippen LogP contribution in [0.5, 0.6) is 5.75 Å². The lowest BCUT2D eigenvalue weighted by Crippen LogP contribution is -2.39. The molecule has 0 aliphatic heterocycles. The topological polar surface area (TPSA) is 50.4 Å². The largest absolute Gasteiger partial charge is 0.491 e. The van der Waals surface area contributed by atoms with Crippen LogP contribution in [0.15, 0.2) is 35.9 Å². The third-order valence-electron chi connectivity index (χ3n) is 3.83. The van der Waals surface area contributed by atoms with Gasteiger partial charge in [-0.25, -0.2) is 0 Å². The summed E-state index contributed by atoms with van der Waals surface area (Å²) in [4.78, 5) is 12.2. The van der Waals surface area contributed by atoms with Crippen LogP contribution in [0.25, 0.3) is 0 Å². The minimum atomic E-state index is -0.208. The van der Waals surface area contributed by atoms with Gasteiger partial charge in [-0.05, 0) is 82.4 Å². The highest BCUT2D eigenvalue weighted by Gasteiger charge is 2.09. The average Bonchev–Trinajstić information content (AvgIpc) is 2.56. The third-order valence-corrected chi connectivity index (χ3v) is 4.08. The number of rotatable bonds is 6. The summed E-state index contributed by atoms with van der Waals surface area (Å²) in [5.74, 6) is 0.545. The smallest absolute Gasteiger partial charge is 0.257 e. The van der Waals surface area contributed by atoms with Crippen LogP contribution in [0.3, 0.4) is 0 Å². The second-order valence-electron chi connectivity index (χ2n) is 6.26. The second kappa shape index (κ2) is 9.42. The van der Waals surface area contributed by atoms with Gasteiger partial charge in [0.05, 0.1) is 6.10 Å². The van der Waals surface area contributed by atoms with Crippen LogP contribution >= 0.6 is 12.2 Å². The Hall–Kier alpha value is -1.88. The molecule has 24 heavy (non-hydrogen) atoms. The first-order valence-corrected chi connectivity index (χ1v) is 8.99. The number of ether oxygens (including phenoxy) is 1. The first-order valence-electron chi connectivity index (χ1n) is 8.58. The Morgan fingerprint density at radius 2 is 2.00 bits per heavy atom. The van der Waals surface area contributed by atoms with E-state index in [2.05, 4.69) is 16.7 Å². The van der Waals surface area contributed by atoms with E-state index in [0.717, 1.165) is 18.7 Å². The van der Waals surface area contributed by atoms with Gasteiger partial charge >= 0.3 is 0 Å². The van der Waals surface area contributed by atoms with E-state index in [1.807, 2.05) is 13.8 Å². The molecule has 0 radical (unpaired) electrons. The van der Waals surface area contributed by atoms with Crippen LogP contribution in [-0.4, -0.2) is 23.7 Å². The zero-order valence-electron chi connectivity index (χ0n) is 14.4. The van der Waals surface area contributed by atoms with E-state index in [1.54, 1.807) is 24.3 Å². The number of nitrogens with one attached hydrogen (secondary N) is 2. The molecule has 130 valence electrons. The van der Waals surface area contributed by atoms with E-state index in [0.29, 0.717) is 10.7 Å². The van der Waals surface area contributed by atoms with Gasteiger partial charge in [-0.2, -0.15) is 0 Å². The predicted molar refractivity (Wildman–Crippen MR) is 101 cm³/mol. The average molecular weight is 346 g/mol. The van der Waals surface area contributed by atoms with E-state index >= 15 is 0 Å². The van der Waals surface area contributed by atoms with Crippen LogP contribution in [0, 0.1) is 0 Å². The minimum Gasteiger partial charge on any atom is -0.491 e. The van der Waals surface area contributed by atoms with Gasteiger partial charge in [0.25, 0.3) is 5.91 Å². The Morgan fingerprint density at radius 1 is 1.25 bits per heavy atom. The van der Waals surface area contributed by atoms with E-state index in [4.69, 9.17) is 17.0 Å². The van der Waals surface area contributed by atoms with Crippen molar-refractivity contribution in [2.45, 2.75) is 52.1 Å². The Morgan fingerprint density at radius 3 is 2.62 bits per heavy atom. The highest BCUT2D eigenvalue weighted by Crippen LogP contribution is 2.19. The van der Waals surface area contributed by atoms with Gasteiger partial charge in [-0.15, -0.1) is 0 Å². The maximum atomic E-state index is 12.2. The van der Waals surface area contributed by atoms with E-state index in [1.165, 1.54) is 31.3 Å². The maximum absolute atomic E-state index is 12.2. The Bertz CT molecular complexity index is 594. The SMILES string of the molecule is CC(C)Oc1ccc(C(=O)NC(=S)NCCC2=CCCCC2)cc1. The molecule has 0 bridgehead atoms. The summed E-state index contributed by atoms with van der Waals surface area (Å²) in [5.41, 5.74) is 2.05. The number of hydrogen-bond acceptors (Lipinski definition) is 3. The standard InChI is InChI=1S/C19H26N2O2S/c1-14(2)23-17-10-8-16(9-11-17)18(22)21-19(24)20-13-12-15-6-4-3-5-7-15/h6,8-11,14H,3-5,7,12-13H2,1-2H3,(H2,20,21,22,24). The molecule has 1 aliphatic carbocycles. The van der Waals surface area contributed by atoms with Gasteiger partial charge < -0.3 is 10.1 Å². The lowest BCUT2D eigenvalue weighted by atomic mass is 9.97. The monoisotopic (exact) mass is 346 g/mol. The fourth-order valence-electron chi connectivity index (χ4n) is 2.64. The molecule has 0 saturated carbocycles. The summed E-state index contributed by atoms with van der Waals surface area (Å²) < 4.78 is 5.57. The van der Waals surface area contributed by atoms with Crippen LogP contribution < -0.4 is 15.4 Å². The first kappa shape index (κ1) is 18.5. The number of carbonyl (C=O) groups is 1. The molecule has 1 amide bonds. The number of benzene rings is 1. The zero-order valence-corrected chi connectivity index (χ0v) is 15.2. The molecule has 1 aromatic carbocycles. The van der Waals surface area contributed by atoms with E-state index in [-0.39, 0.29) is 12.0 Å². The molecule has 0 spiro atoms. The Balaban J connectivity index is 1.74. The summed E-state index contributed by atoms with van der Waals surface area (Å²) in [5, 5.41) is 6.19. The lowest BCUT2D eigenvalue weighted by molar-refractivity contribution is 0.0976. The van der Waals surface area contributed by atoms with Crippen molar-refractivity contribution in [3.63, 3.8) is 0 Å². The van der Waals surface area contributed by atoms with Crippen molar-refractivity contribution in [3.8, 4) is 5.75 Å². The van der Waals surface area contributed by atoms with E-state index < -0.39 is 0 Å². The second-order valence-corrected chi connectivity index (χ2v) is 6.67. The van der Waals surface area contributed by atoms with Crippen molar-refractivity contribution in [2.75, 3.05) is 6.54 Å². The molecule has 0 heterocycles.